The van der Waals surface area contributed by atoms with Crippen LogP contribution >= 0.6 is 23.2 Å². The first-order chi connectivity index (χ1) is 9.97. The smallest absolute Gasteiger partial charge is 0.143 e. The number of nitrogen functional groups attached to an aromatic ring is 1. The van der Waals surface area contributed by atoms with E-state index < -0.39 is 6.10 Å². The number of hydrogen-bond donors (Lipinski definition) is 2. The van der Waals surface area contributed by atoms with Crippen molar-refractivity contribution in [1.82, 2.24) is 9.55 Å². The Bertz CT molecular complexity index is 827. The highest BCUT2D eigenvalue weighted by atomic mass is 35.5. The predicted molar refractivity (Wildman–Crippen MR) is 86.1 cm³/mol. The van der Waals surface area contributed by atoms with Crippen LogP contribution in [0.15, 0.2) is 36.4 Å². The number of hydrogen-bond acceptors (Lipinski definition) is 3. The van der Waals surface area contributed by atoms with Crippen LogP contribution in [-0.4, -0.2) is 14.7 Å². The summed E-state index contributed by atoms with van der Waals surface area (Å²) in [5.74, 6) is 0.500. The summed E-state index contributed by atoms with van der Waals surface area (Å²) in [5, 5.41) is 11.0. The van der Waals surface area contributed by atoms with Gasteiger partial charge in [0.2, 0.25) is 0 Å². The van der Waals surface area contributed by atoms with Crippen molar-refractivity contribution in [1.29, 1.82) is 0 Å². The van der Waals surface area contributed by atoms with Crippen molar-refractivity contribution in [2.45, 2.75) is 13.0 Å². The normalized spacial score (nSPS) is 12.8. The standard InChI is InChI=1S/C15H13Cl2N3O/c1-8(21)15-19-12-7-10(18)3-5-14(12)20(15)13-4-2-9(16)6-11(13)17/h2-8,21H,18H2,1H3. The fourth-order valence-electron chi connectivity index (χ4n) is 2.31. The van der Waals surface area contributed by atoms with Crippen molar-refractivity contribution >= 4 is 39.9 Å². The Labute approximate surface area is 131 Å². The third-order valence-corrected chi connectivity index (χ3v) is 3.77. The summed E-state index contributed by atoms with van der Waals surface area (Å²) in [5.41, 5.74) is 8.65. The molecule has 1 atom stereocenters. The maximum Gasteiger partial charge on any atom is 0.143 e. The first kappa shape index (κ1) is 14.2. The monoisotopic (exact) mass is 321 g/mol. The van der Waals surface area contributed by atoms with Gasteiger partial charge in [0.15, 0.2) is 0 Å². The second-order valence-corrected chi connectivity index (χ2v) is 5.67. The Morgan fingerprint density at radius 3 is 2.62 bits per heavy atom. The quantitative estimate of drug-likeness (QED) is 0.702. The molecule has 0 radical (unpaired) electrons. The zero-order valence-electron chi connectivity index (χ0n) is 11.2. The van der Waals surface area contributed by atoms with Crippen LogP contribution in [0.2, 0.25) is 10.0 Å². The molecule has 0 aliphatic heterocycles. The van der Waals surface area contributed by atoms with Gasteiger partial charge in [0.1, 0.15) is 11.9 Å². The van der Waals surface area contributed by atoms with Gasteiger partial charge < -0.3 is 10.8 Å². The first-order valence-electron chi connectivity index (χ1n) is 6.38. The van der Waals surface area contributed by atoms with Gasteiger partial charge in [-0.2, -0.15) is 0 Å². The van der Waals surface area contributed by atoms with Gasteiger partial charge in [0.25, 0.3) is 0 Å². The maximum absolute atomic E-state index is 10.00. The van der Waals surface area contributed by atoms with Gasteiger partial charge in [-0.15, -0.1) is 0 Å². The number of imidazole rings is 1. The van der Waals surface area contributed by atoms with Gasteiger partial charge in [-0.25, -0.2) is 4.98 Å². The van der Waals surface area contributed by atoms with Gasteiger partial charge in [-0.05, 0) is 43.3 Å². The Morgan fingerprint density at radius 2 is 1.95 bits per heavy atom. The van der Waals surface area contributed by atoms with Crippen molar-refractivity contribution in [2.75, 3.05) is 5.73 Å². The average Bonchev–Trinajstić information content (AvgIpc) is 2.77. The number of aliphatic hydroxyl groups is 1. The molecule has 0 bridgehead atoms. The van der Waals surface area contributed by atoms with Crippen LogP contribution in [0.5, 0.6) is 0 Å². The van der Waals surface area contributed by atoms with Gasteiger partial charge in [-0.3, -0.25) is 4.57 Å². The minimum absolute atomic E-state index is 0.487. The summed E-state index contributed by atoms with van der Waals surface area (Å²) >= 11 is 12.2. The van der Waals surface area contributed by atoms with Gasteiger partial charge in [0, 0.05) is 10.7 Å². The van der Waals surface area contributed by atoms with Crippen LogP contribution < -0.4 is 5.73 Å². The fourth-order valence-corrected chi connectivity index (χ4v) is 2.80. The molecule has 0 saturated heterocycles. The summed E-state index contributed by atoms with van der Waals surface area (Å²) in [6.45, 7) is 1.66. The van der Waals surface area contributed by atoms with Crippen LogP contribution in [0.25, 0.3) is 16.7 Å². The molecule has 1 unspecified atom stereocenters. The third kappa shape index (κ3) is 2.46. The molecule has 0 fully saturated rings. The molecule has 0 saturated carbocycles. The second-order valence-electron chi connectivity index (χ2n) is 4.83. The summed E-state index contributed by atoms with van der Waals surface area (Å²) in [4.78, 5) is 4.45. The highest BCUT2D eigenvalue weighted by Gasteiger charge is 2.18. The number of halogens is 2. The van der Waals surface area contributed by atoms with Crippen molar-refractivity contribution in [3.05, 3.63) is 52.3 Å². The van der Waals surface area contributed by atoms with E-state index in [4.69, 9.17) is 28.9 Å². The second kappa shape index (κ2) is 5.22. The number of fused-ring (bicyclic) bond motifs is 1. The molecule has 3 aromatic rings. The Hall–Kier alpha value is -1.75. The largest absolute Gasteiger partial charge is 0.399 e. The molecule has 3 N–H and O–H groups in total. The van der Waals surface area contributed by atoms with Crippen molar-refractivity contribution < 1.29 is 5.11 Å². The third-order valence-electron chi connectivity index (χ3n) is 3.23. The van der Waals surface area contributed by atoms with E-state index in [0.29, 0.717) is 32.8 Å². The molecule has 2 aromatic carbocycles. The molecule has 6 heteroatoms. The lowest BCUT2D eigenvalue weighted by atomic mass is 10.2. The SMILES string of the molecule is CC(O)c1nc2cc(N)ccc2n1-c1ccc(Cl)cc1Cl. The molecule has 0 aliphatic carbocycles. The van der Waals surface area contributed by atoms with E-state index in [0.717, 1.165) is 5.52 Å². The van der Waals surface area contributed by atoms with Gasteiger partial charge in [-0.1, -0.05) is 23.2 Å². The molecule has 0 spiro atoms. The molecular formula is C15H13Cl2N3O. The van der Waals surface area contributed by atoms with Gasteiger partial charge in [0.05, 0.1) is 21.7 Å². The molecule has 0 amide bonds. The van der Waals surface area contributed by atoms with E-state index in [1.807, 2.05) is 10.6 Å². The van der Waals surface area contributed by atoms with Crippen LogP contribution in [-0.2, 0) is 0 Å². The molecule has 108 valence electrons. The number of anilines is 1. The van der Waals surface area contributed by atoms with Crippen molar-refractivity contribution in [3.8, 4) is 5.69 Å². The van der Waals surface area contributed by atoms with Crippen molar-refractivity contribution in [3.63, 3.8) is 0 Å². The Balaban J connectivity index is 2.36. The van der Waals surface area contributed by atoms with E-state index in [-0.39, 0.29) is 0 Å². The van der Waals surface area contributed by atoms with Crippen molar-refractivity contribution in [2.24, 2.45) is 0 Å². The fraction of sp³-hybridized carbons (Fsp3) is 0.133. The number of nitrogens with two attached hydrogens (primary N) is 1. The summed E-state index contributed by atoms with van der Waals surface area (Å²) in [6, 6.07) is 10.6. The van der Waals surface area contributed by atoms with E-state index >= 15 is 0 Å². The summed E-state index contributed by atoms with van der Waals surface area (Å²) in [6.07, 6.45) is -0.745. The topological polar surface area (TPSA) is 64.1 Å². The van der Waals surface area contributed by atoms with E-state index in [1.165, 1.54) is 0 Å². The minimum atomic E-state index is -0.745. The van der Waals surface area contributed by atoms with Crippen LogP contribution in [0.1, 0.15) is 18.9 Å². The molecule has 1 aromatic heterocycles. The van der Waals surface area contributed by atoms with Crippen LogP contribution in [0, 0.1) is 0 Å². The molecule has 3 rings (SSSR count). The highest BCUT2D eigenvalue weighted by molar-refractivity contribution is 6.35. The molecule has 1 heterocycles. The molecule has 0 aliphatic rings. The zero-order chi connectivity index (χ0) is 15.1. The zero-order valence-corrected chi connectivity index (χ0v) is 12.7. The van der Waals surface area contributed by atoms with E-state index in [2.05, 4.69) is 4.98 Å². The Kier molecular flexibility index (Phi) is 3.53. The van der Waals surface area contributed by atoms with E-state index in [1.54, 1.807) is 37.3 Å². The van der Waals surface area contributed by atoms with E-state index in [9.17, 15) is 5.11 Å². The summed E-state index contributed by atoms with van der Waals surface area (Å²) in [7, 11) is 0. The number of aromatic nitrogens is 2. The lowest BCUT2D eigenvalue weighted by Crippen LogP contribution is -2.05. The van der Waals surface area contributed by atoms with Gasteiger partial charge >= 0.3 is 0 Å². The average molecular weight is 322 g/mol. The maximum atomic E-state index is 10.00. The predicted octanol–water partition coefficient (Wildman–Crippen LogP) is 3.97. The minimum Gasteiger partial charge on any atom is -0.399 e. The number of benzene rings is 2. The summed E-state index contributed by atoms with van der Waals surface area (Å²) < 4.78 is 1.82. The lowest BCUT2D eigenvalue weighted by molar-refractivity contribution is 0.187. The molecular weight excluding hydrogens is 309 g/mol. The number of rotatable bonds is 2. The number of nitrogens with zero attached hydrogens (tertiary/aromatic N) is 2. The molecule has 21 heavy (non-hydrogen) atoms. The lowest BCUT2D eigenvalue weighted by Gasteiger charge is -2.12. The number of aliphatic hydroxyl groups excluding tert-OH is 1. The molecule has 4 nitrogen and oxygen atoms in total. The highest BCUT2D eigenvalue weighted by Crippen LogP contribution is 2.31. The van der Waals surface area contributed by atoms with Crippen LogP contribution in [0.3, 0.4) is 0 Å². The van der Waals surface area contributed by atoms with Crippen LogP contribution in [0.4, 0.5) is 5.69 Å². The first-order valence-corrected chi connectivity index (χ1v) is 7.14. The Morgan fingerprint density at radius 1 is 1.19 bits per heavy atom.